The van der Waals surface area contributed by atoms with Gasteiger partial charge in [0.25, 0.3) is 0 Å². The van der Waals surface area contributed by atoms with Gasteiger partial charge in [0.1, 0.15) is 13.2 Å². The van der Waals surface area contributed by atoms with Gasteiger partial charge in [0.05, 0.1) is 29.1 Å². The number of aryl methyl sites for hydroxylation is 1. The third-order valence-corrected chi connectivity index (χ3v) is 4.94. The van der Waals surface area contributed by atoms with Gasteiger partial charge in [-0.3, -0.25) is 9.79 Å². The summed E-state index contributed by atoms with van der Waals surface area (Å²) in [5.41, 5.74) is 11.0. The molecule has 1 aliphatic rings. The summed E-state index contributed by atoms with van der Waals surface area (Å²) >= 11 is 0. The van der Waals surface area contributed by atoms with Gasteiger partial charge in [0.15, 0.2) is 5.78 Å². The second-order valence-corrected chi connectivity index (χ2v) is 6.70. The summed E-state index contributed by atoms with van der Waals surface area (Å²) in [6.45, 7) is 0.651. The Morgan fingerprint density at radius 3 is 2.83 bits per heavy atom. The van der Waals surface area contributed by atoms with Gasteiger partial charge >= 0.3 is 0 Å². The zero-order valence-corrected chi connectivity index (χ0v) is 15.9. The topological polar surface area (TPSA) is 106 Å². The van der Waals surface area contributed by atoms with Crippen molar-refractivity contribution in [3.63, 3.8) is 0 Å². The number of nitrogens with zero attached hydrogens (tertiary/aromatic N) is 4. The summed E-state index contributed by atoms with van der Waals surface area (Å²) < 4.78 is 7.68. The van der Waals surface area contributed by atoms with Crippen LogP contribution in [0.5, 0.6) is 5.88 Å². The van der Waals surface area contributed by atoms with E-state index in [1.165, 1.54) is 0 Å². The Morgan fingerprint density at radius 2 is 2.03 bits per heavy atom. The van der Waals surface area contributed by atoms with Gasteiger partial charge in [-0.25, -0.2) is 4.68 Å². The maximum atomic E-state index is 12.2. The summed E-state index contributed by atoms with van der Waals surface area (Å²) in [5.74, 6) is 0.561. The van der Waals surface area contributed by atoms with Crippen LogP contribution in [0.25, 0.3) is 11.1 Å². The lowest BCUT2D eigenvalue weighted by atomic mass is 9.93. The second kappa shape index (κ2) is 7.70. The molecular formula is C22H19N5O2. The number of hydrogen-bond acceptors (Lipinski definition) is 6. The Kier molecular flexibility index (Phi) is 4.94. The number of nitrogens with two attached hydrogens (primary N) is 1. The van der Waals surface area contributed by atoms with E-state index in [4.69, 9.17) is 10.5 Å². The first-order valence-electron chi connectivity index (χ1n) is 9.16. The number of aliphatic imine (C=N–C) groups is 1. The highest BCUT2D eigenvalue weighted by molar-refractivity contribution is 6.16. The number of fused-ring (bicyclic) bond motifs is 1. The summed E-state index contributed by atoms with van der Waals surface area (Å²) in [6.07, 6.45) is 1.72. The molecule has 7 nitrogen and oxygen atoms in total. The van der Waals surface area contributed by atoms with Crippen molar-refractivity contribution in [1.82, 2.24) is 9.78 Å². The molecule has 0 aliphatic carbocycles. The molecule has 2 N–H and O–H groups in total. The van der Waals surface area contributed by atoms with E-state index in [1.807, 2.05) is 30.3 Å². The van der Waals surface area contributed by atoms with Gasteiger partial charge in [0, 0.05) is 30.3 Å². The van der Waals surface area contributed by atoms with Crippen LogP contribution in [0.1, 0.15) is 27.0 Å². The number of nitriles is 1. The molecule has 0 unspecified atom stereocenters. The number of hydrogen-bond donors (Lipinski definition) is 1. The number of rotatable bonds is 5. The molecule has 0 saturated carbocycles. The van der Waals surface area contributed by atoms with Gasteiger partial charge in [-0.1, -0.05) is 30.3 Å². The number of benzene rings is 2. The van der Waals surface area contributed by atoms with Crippen molar-refractivity contribution in [2.45, 2.75) is 6.61 Å². The smallest absolute Gasteiger partial charge is 0.219 e. The molecule has 3 aromatic rings. The van der Waals surface area contributed by atoms with E-state index in [2.05, 4.69) is 16.2 Å². The summed E-state index contributed by atoms with van der Waals surface area (Å²) in [6, 6.07) is 15.1. The van der Waals surface area contributed by atoms with Crippen molar-refractivity contribution in [3.05, 3.63) is 70.9 Å². The van der Waals surface area contributed by atoms with Gasteiger partial charge < -0.3 is 10.5 Å². The number of aromatic nitrogens is 2. The van der Waals surface area contributed by atoms with E-state index in [1.54, 1.807) is 30.1 Å². The van der Waals surface area contributed by atoms with Crippen molar-refractivity contribution in [2.24, 2.45) is 17.8 Å². The summed E-state index contributed by atoms with van der Waals surface area (Å²) in [5, 5.41) is 13.6. The highest BCUT2D eigenvalue weighted by atomic mass is 16.5. The number of carbonyl (C=O) groups is 1. The third-order valence-electron chi connectivity index (χ3n) is 4.94. The molecule has 2 heterocycles. The zero-order chi connectivity index (χ0) is 20.4. The van der Waals surface area contributed by atoms with Crippen molar-refractivity contribution in [1.29, 1.82) is 5.26 Å². The minimum atomic E-state index is -0.0143. The first kappa shape index (κ1) is 18.6. The van der Waals surface area contributed by atoms with Crippen LogP contribution >= 0.6 is 0 Å². The number of Topliss-reactive ketones (excluding diaryl/α,β-unsaturated/α-hetero) is 1. The fourth-order valence-corrected chi connectivity index (χ4v) is 3.40. The predicted molar refractivity (Wildman–Crippen MR) is 109 cm³/mol. The van der Waals surface area contributed by atoms with Gasteiger partial charge in [0.2, 0.25) is 5.88 Å². The number of ketones is 1. The van der Waals surface area contributed by atoms with Gasteiger partial charge in [-0.15, -0.1) is 0 Å². The molecule has 7 heteroatoms. The standard InChI is InChI=1S/C22H19N5O2/c1-27-22(29-13-16-5-3-2-4-15(16)9-23)19(11-26-27)14-6-7-17-18(8-14)20(10-24)25-12-21(17)28/h2-8,11H,10,12-13,24H2,1H3. The number of carbonyl (C=O) groups excluding carboxylic acids is 1. The van der Waals surface area contributed by atoms with Crippen LogP contribution in [0.15, 0.2) is 53.7 Å². The van der Waals surface area contributed by atoms with Crippen LogP contribution in [0.2, 0.25) is 0 Å². The summed E-state index contributed by atoms with van der Waals surface area (Å²) in [7, 11) is 1.80. The van der Waals surface area contributed by atoms with Crippen molar-refractivity contribution >= 4 is 11.5 Å². The SMILES string of the molecule is Cn1ncc(-c2ccc3c(c2)C(CN)=NCC3=O)c1OCc1ccccc1C#N. The molecule has 0 amide bonds. The third kappa shape index (κ3) is 3.42. The largest absolute Gasteiger partial charge is 0.472 e. The molecular weight excluding hydrogens is 366 g/mol. The van der Waals surface area contributed by atoms with Gasteiger partial charge in [-0.2, -0.15) is 10.4 Å². The van der Waals surface area contributed by atoms with Crippen LogP contribution in [0, 0.1) is 11.3 Å². The van der Waals surface area contributed by atoms with Crippen molar-refractivity contribution < 1.29 is 9.53 Å². The van der Waals surface area contributed by atoms with E-state index in [0.29, 0.717) is 17.0 Å². The highest BCUT2D eigenvalue weighted by Gasteiger charge is 2.22. The molecule has 1 aliphatic heterocycles. The lowest BCUT2D eigenvalue weighted by Gasteiger charge is -2.16. The maximum Gasteiger partial charge on any atom is 0.219 e. The summed E-state index contributed by atoms with van der Waals surface area (Å²) in [4.78, 5) is 16.5. The Bertz CT molecular complexity index is 1170. The predicted octanol–water partition coefficient (Wildman–Crippen LogP) is 2.48. The molecule has 0 fully saturated rings. The molecule has 29 heavy (non-hydrogen) atoms. The van der Waals surface area contributed by atoms with Crippen LogP contribution < -0.4 is 10.5 Å². The van der Waals surface area contributed by atoms with E-state index in [9.17, 15) is 10.1 Å². The molecule has 4 rings (SSSR count). The Morgan fingerprint density at radius 1 is 1.21 bits per heavy atom. The fraction of sp³-hybridized carbons (Fsp3) is 0.182. The van der Waals surface area contributed by atoms with Crippen molar-refractivity contribution in [3.8, 4) is 23.1 Å². The Hall–Kier alpha value is -3.76. The first-order chi connectivity index (χ1) is 14.1. The molecule has 2 aromatic carbocycles. The minimum absolute atomic E-state index is 0.0143. The molecule has 144 valence electrons. The van der Waals surface area contributed by atoms with E-state index >= 15 is 0 Å². The lowest BCUT2D eigenvalue weighted by molar-refractivity contribution is 0.1000. The Balaban J connectivity index is 1.69. The Labute approximate surface area is 168 Å². The first-order valence-corrected chi connectivity index (χ1v) is 9.16. The maximum absolute atomic E-state index is 12.2. The normalized spacial score (nSPS) is 12.9. The zero-order valence-electron chi connectivity index (χ0n) is 15.9. The van der Waals surface area contributed by atoms with Crippen LogP contribution in [-0.2, 0) is 13.7 Å². The molecule has 0 atom stereocenters. The van der Waals surface area contributed by atoms with E-state index in [0.717, 1.165) is 28.0 Å². The quantitative estimate of drug-likeness (QED) is 0.726. The second-order valence-electron chi connectivity index (χ2n) is 6.70. The molecule has 0 spiro atoms. The fourth-order valence-electron chi connectivity index (χ4n) is 3.40. The van der Waals surface area contributed by atoms with Crippen LogP contribution in [0.4, 0.5) is 0 Å². The van der Waals surface area contributed by atoms with Gasteiger partial charge in [-0.05, 0) is 17.7 Å². The minimum Gasteiger partial charge on any atom is -0.472 e. The number of ether oxygens (including phenoxy) is 1. The van der Waals surface area contributed by atoms with Crippen molar-refractivity contribution in [2.75, 3.05) is 13.1 Å². The average molecular weight is 385 g/mol. The molecule has 0 radical (unpaired) electrons. The average Bonchev–Trinajstić information content (AvgIpc) is 3.12. The molecule has 1 aromatic heterocycles. The van der Waals surface area contributed by atoms with Crippen LogP contribution in [0.3, 0.4) is 0 Å². The van der Waals surface area contributed by atoms with E-state index in [-0.39, 0.29) is 25.5 Å². The molecule has 0 saturated heterocycles. The monoisotopic (exact) mass is 385 g/mol. The van der Waals surface area contributed by atoms with Crippen LogP contribution in [-0.4, -0.2) is 34.4 Å². The van der Waals surface area contributed by atoms with E-state index < -0.39 is 0 Å². The highest BCUT2D eigenvalue weighted by Crippen LogP contribution is 2.32. The molecule has 0 bridgehead atoms. The lowest BCUT2D eigenvalue weighted by Crippen LogP contribution is -2.24.